The molecule has 1 aliphatic heterocycles. The van der Waals surface area contributed by atoms with E-state index in [0.29, 0.717) is 36.4 Å². The second kappa shape index (κ2) is 10.6. The van der Waals surface area contributed by atoms with Crippen LogP contribution in [0.5, 0.6) is 0 Å². The fraction of sp³-hybridized carbons (Fsp3) is 0.556. The first-order chi connectivity index (χ1) is 17.0. The van der Waals surface area contributed by atoms with Gasteiger partial charge >= 0.3 is 5.97 Å². The number of aromatic nitrogens is 1. The van der Waals surface area contributed by atoms with Crippen molar-refractivity contribution in [1.82, 2.24) is 9.47 Å². The number of carboxylic acids is 1. The van der Waals surface area contributed by atoms with Crippen LogP contribution in [0.15, 0.2) is 18.2 Å². The van der Waals surface area contributed by atoms with Crippen LogP contribution in [-0.2, 0) is 18.3 Å². The lowest BCUT2D eigenvalue weighted by Crippen LogP contribution is -2.38. The number of fused-ring (bicyclic) bond motifs is 1. The van der Waals surface area contributed by atoms with Crippen molar-refractivity contribution in [3.8, 4) is 11.8 Å². The van der Waals surface area contributed by atoms with Crippen LogP contribution in [-0.4, -0.2) is 50.2 Å². The van der Waals surface area contributed by atoms with Gasteiger partial charge in [0.1, 0.15) is 4.75 Å². The zero-order chi connectivity index (χ0) is 26.1. The summed E-state index contributed by atoms with van der Waals surface area (Å²) in [5.41, 5.74) is 2.40. The Balaban J connectivity index is 1.39. The Bertz CT molecular complexity index is 1230. The van der Waals surface area contributed by atoms with Crippen LogP contribution in [0.1, 0.15) is 67.4 Å². The molecule has 1 unspecified atom stereocenters. The molecule has 4 rings (SSSR count). The molecule has 1 N–H and O–H groups in total. The Kier molecular flexibility index (Phi) is 7.92. The van der Waals surface area contributed by atoms with Gasteiger partial charge in [-0.05, 0) is 43.9 Å². The molecule has 5 nitrogen and oxygen atoms in total. The van der Waals surface area contributed by atoms with E-state index in [-0.39, 0.29) is 31.2 Å². The SMILES string of the molecule is Cn1c(CCCCCCC#CC2CC(F)(F)C2)c(C(=O)N2CCC(S)(C(=O)O)C2)c2cc(Cl)ccc21. The molecular formula is C27H31ClF2N2O3S. The molecule has 0 spiro atoms. The molecule has 0 radical (unpaired) electrons. The van der Waals surface area contributed by atoms with Crippen molar-refractivity contribution >= 4 is 47.0 Å². The van der Waals surface area contributed by atoms with Crippen molar-refractivity contribution in [2.75, 3.05) is 13.1 Å². The maximum atomic E-state index is 13.6. The first-order valence-corrected chi connectivity index (χ1v) is 13.2. The number of hydrogen-bond donors (Lipinski definition) is 2. The number of carboxylic acid groups (broad SMARTS) is 1. The van der Waals surface area contributed by atoms with Crippen LogP contribution in [0.3, 0.4) is 0 Å². The van der Waals surface area contributed by atoms with Gasteiger partial charge in [0, 0.05) is 66.9 Å². The van der Waals surface area contributed by atoms with E-state index in [2.05, 4.69) is 24.5 Å². The number of rotatable bonds is 8. The first kappa shape index (κ1) is 26.8. The Morgan fingerprint density at radius 1 is 1.22 bits per heavy atom. The van der Waals surface area contributed by atoms with Gasteiger partial charge in [-0.3, -0.25) is 9.59 Å². The van der Waals surface area contributed by atoms with Crippen molar-refractivity contribution < 1.29 is 23.5 Å². The minimum Gasteiger partial charge on any atom is -0.480 e. The van der Waals surface area contributed by atoms with Gasteiger partial charge in [0.05, 0.1) is 5.56 Å². The van der Waals surface area contributed by atoms with Crippen LogP contribution >= 0.6 is 24.2 Å². The number of aryl methyl sites for hydroxylation is 1. The highest BCUT2D eigenvalue weighted by Crippen LogP contribution is 2.41. The van der Waals surface area contributed by atoms with Gasteiger partial charge in [0.15, 0.2) is 0 Å². The molecule has 2 fully saturated rings. The topological polar surface area (TPSA) is 62.5 Å². The maximum Gasteiger partial charge on any atom is 0.321 e. The first-order valence-electron chi connectivity index (χ1n) is 12.4. The number of unbranched alkanes of at least 4 members (excludes halogenated alkanes) is 4. The number of likely N-dealkylation sites (tertiary alicyclic amines) is 1. The fourth-order valence-corrected chi connectivity index (χ4v) is 5.58. The summed E-state index contributed by atoms with van der Waals surface area (Å²) in [6.45, 7) is 0.394. The Morgan fingerprint density at radius 2 is 1.94 bits per heavy atom. The molecule has 36 heavy (non-hydrogen) atoms. The monoisotopic (exact) mass is 536 g/mol. The van der Waals surface area contributed by atoms with E-state index < -0.39 is 16.6 Å². The quantitative estimate of drug-likeness (QED) is 0.248. The number of amides is 1. The third kappa shape index (κ3) is 5.68. The summed E-state index contributed by atoms with van der Waals surface area (Å²) in [7, 11) is 1.94. The summed E-state index contributed by atoms with van der Waals surface area (Å²) >= 11 is 10.6. The fourth-order valence-electron chi connectivity index (χ4n) is 5.14. The van der Waals surface area contributed by atoms with E-state index in [9.17, 15) is 23.5 Å². The molecule has 2 heterocycles. The maximum absolute atomic E-state index is 13.6. The second-order valence-electron chi connectivity index (χ2n) is 10.1. The second-order valence-corrected chi connectivity index (χ2v) is 11.3. The number of thiol groups is 1. The molecule has 1 atom stereocenters. The number of carbonyl (C=O) groups is 2. The standard InChI is InChI=1S/C27H31ClF2N2O3S/c1-31-21-11-10-19(28)14-20(21)23(24(33)32-13-12-26(36,17-32)25(34)35)22(31)9-7-5-3-2-4-6-8-18-15-27(29,30)16-18/h10-11,14,18,36H,2-5,7,9,12-13,15-17H2,1H3,(H,34,35). The van der Waals surface area contributed by atoms with E-state index in [1.54, 1.807) is 17.0 Å². The highest BCUT2D eigenvalue weighted by molar-refractivity contribution is 7.82. The minimum atomic E-state index is -2.52. The van der Waals surface area contributed by atoms with Crippen molar-refractivity contribution in [2.24, 2.45) is 13.0 Å². The Hall–Kier alpha value is -2.24. The summed E-state index contributed by atoms with van der Waals surface area (Å²) in [6, 6.07) is 5.50. The number of nitrogens with zero attached hydrogens (tertiary/aromatic N) is 2. The van der Waals surface area contributed by atoms with Gasteiger partial charge in [-0.2, -0.15) is 12.6 Å². The summed E-state index contributed by atoms with van der Waals surface area (Å²) in [4.78, 5) is 26.8. The van der Waals surface area contributed by atoms with Crippen molar-refractivity contribution in [2.45, 2.75) is 68.5 Å². The van der Waals surface area contributed by atoms with E-state index >= 15 is 0 Å². The van der Waals surface area contributed by atoms with Crippen LogP contribution < -0.4 is 0 Å². The number of aliphatic carboxylic acids is 1. The van der Waals surface area contributed by atoms with Crippen molar-refractivity contribution in [3.05, 3.63) is 34.5 Å². The smallest absolute Gasteiger partial charge is 0.321 e. The van der Waals surface area contributed by atoms with Gasteiger partial charge in [-0.1, -0.05) is 30.4 Å². The molecule has 1 aromatic carbocycles. The third-order valence-electron chi connectivity index (χ3n) is 7.29. The molecule has 0 bridgehead atoms. The van der Waals surface area contributed by atoms with Gasteiger partial charge < -0.3 is 14.6 Å². The molecule has 1 aliphatic carbocycles. The lowest BCUT2D eigenvalue weighted by atomic mass is 9.82. The van der Waals surface area contributed by atoms with Crippen LogP contribution in [0, 0.1) is 17.8 Å². The predicted octanol–water partition coefficient (Wildman–Crippen LogP) is 5.97. The average Bonchev–Trinajstić information content (AvgIpc) is 3.32. The number of alkyl halides is 2. The summed E-state index contributed by atoms with van der Waals surface area (Å²) in [5, 5.41) is 10.8. The van der Waals surface area contributed by atoms with Crippen molar-refractivity contribution in [1.29, 1.82) is 0 Å². The number of halogens is 3. The lowest BCUT2D eigenvalue weighted by Gasteiger charge is -2.31. The average molecular weight is 537 g/mol. The largest absolute Gasteiger partial charge is 0.480 e. The predicted molar refractivity (Wildman–Crippen MR) is 140 cm³/mol. The Morgan fingerprint density at radius 3 is 2.61 bits per heavy atom. The normalized spacial score (nSPS) is 21.3. The van der Waals surface area contributed by atoms with Crippen LogP contribution in [0.2, 0.25) is 5.02 Å². The summed E-state index contributed by atoms with van der Waals surface area (Å²) < 4.78 is 26.5. The Labute approximate surface area is 220 Å². The van der Waals surface area contributed by atoms with Crippen LogP contribution in [0.25, 0.3) is 10.9 Å². The number of benzene rings is 1. The zero-order valence-electron chi connectivity index (χ0n) is 20.3. The van der Waals surface area contributed by atoms with E-state index in [0.717, 1.165) is 42.3 Å². The summed E-state index contributed by atoms with van der Waals surface area (Å²) in [6.07, 6.45) is 5.21. The molecule has 2 aromatic rings. The molecule has 194 valence electrons. The number of hydrogen-bond acceptors (Lipinski definition) is 3. The lowest BCUT2D eigenvalue weighted by molar-refractivity contribution is -0.139. The molecule has 1 aromatic heterocycles. The van der Waals surface area contributed by atoms with Gasteiger partial charge in [-0.15, -0.1) is 5.92 Å². The third-order valence-corrected chi connectivity index (χ3v) is 8.08. The molecular weight excluding hydrogens is 506 g/mol. The highest BCUT2D eigenvalue weighted by Gasteiger charge is 2.45. The number of carbonyl (C=O) groups excluding carboxylic acids is 1. The molecule has 1 amide bonds. The van der Waals surface area contributed by atoms with Crippen molar-refractivity contribution in [3.63, 3.8) is 0 Å². The van der Waals surface area contributed by atoms with Gasteiger partial charge in [0.25, 0.3) is 11.8 Å². The minimum absolute atomic E-state index is 0.0558. The molecule has 1 saturated heterocycles. The molecule has 9 heteroatoms. The van der Waals surface area contributed by atoms with E-state index in [4.69, 9.17) is 11.6 Å². The van der Waals surface area contributed by atoms with Gasteiger partial charge in [-0.25, -0.2) is 8.78 Å². The molecule has 2 aliphatic rings. The van der Waals surface area contributed by atoms with Crippen LogP contribution in [0.4, 0.5) is 8.78 Å². The summed E-state index contributed by atoms with van der Waals surface area (Å²) in [5.74, 6) is 2.10. The molecule has 1 saturated carbocycles. The van der Waals surface area contributed by atoms with Gasteiger partial charge in [0.2, 0.25) is 0 Å². The van der Waals surface area contributed by atoms with E-state index in [1.807, 2.05) is 17.7 Å². The van der Waals surface area contributed by atoms with E-state index in [1.165, 1.54) is 0 Å². The highest BCUT2D eigenvalue weighted by atomic mass is 35.5. The zero-order valence-corrected chi connectivity index (χ0v) is 22.0.